The number of methoxy groups -OCH3 is 1. The van der Waals surface area contributed by atoms with Crippen molar-refractivity contribution in [2.75, 3.05) is 7.11 Å². The van der Waals surface area contributed by atoms with Crippen molar-refractivity contribution in [1.29, 1.82) is 0 Å². The molecule has 1 aromatic heterocycles. The SMILES string of the molecule is CCC(O)(c1ccc(OC)cc1)N1C=C(C)c2c(nnn2-c2ccc(F)cc2)C1C. The van der Waals surface area contributed by atoms with Crippen molar-refractivity contribution in [2.45, 2.75) is 39.0 Å². The molecule has 1 aliphatic heterocycles. The zero-order chi connectivity index (χ0) is 21.5. The van der Waals surface area contributed by atoms with Gasteiger partial charge in [0.1, 0.15) is 17.3 Å². The average molecular weight is 408 g/mol. The number of hydrogen-bond donors (Lipinski definition) is 1. The average Bonchev–Trinajstić information content (AvgIpc) is 3.22. The van der Waals surface area contributed by atoms with E-state index in [2.05, 4.69) is 10.3 Å². The highest BCUT2D eigenvalue weighted by atomic mass is 19.1. The minimum atomic E-state index is -1.22. The number of benzene rings is 2. The van der Waals surface area contributed by atoms with Gasteiger partial charge in [0.25, 0.3) is 0 Å². The summed E-state index contributed by atoms with van der Waals surface area (Å²) in [5.74, 6) is 0.437. The first-order chi connectivity index (χ1) is 14.4. The highest BCUT2D eigenvalue weighted by Crippen LogP contribution is 2.42. The van der Waals surface area contributed by atoms with Gasteiger partial charge in [-0.15, -0.1) is 5.10 Å². The van der Waals surface area contributed by atoms with Gasteiger partial charge in [0.2, 0.25) is 0 Å². The molecule has 0 fully saturated rings. The summed E-state index contributed by atoms with van der Waals surface area (Å²) >= 11 is 0. The number of aliphatic hydroxyl groups is 1. The second kappa shape index (κ2) is 7.57. The van der Waals surface area contributed by atoms with Gasteiger partial charge in [-0.3, -0.25) is 0 Å². The molecular weight excluding hydrogens is 383 g/mol. The van der Waals surface area contributed by atoms with Crippen LogP contribution in [-0.4, -0.2) is 32.1 Å². The lowest BCUT2D eigenvalue weighted by molar-refractivity contribution is -0.112. The molecule has 0 radical (unpaired) electrons. The van der Waals surface area contributed by atoms with E-state index >= 15 is 0 Å². The summed E-state index contributed by atoms with van der Waals surface area (Å²) in [7, 11) is 1.62. The van der Waals surface area contributed by atoms with Crippen molar-refractivity contribution < 1.29 is 14.2 Å². The van der Waals surface area contributed by atoms with Crippen LogP contribution in [0.5, 0.6) is 5.75 Å². The number of allylic oxidation sites excluding steroid dienone is 1. The second-order valence-corrected chi connectivity index (χ2v) is 7.51. The zero-order valence-electron chi connectivity index (χ0n) is 17.5. The van der Waals surface area contributed by atoms with Crippen molar-refractivity contribution in [3.8, 4) is 11.4 Å². The molecule has 0 saturated carbocycles. The molecule has 156 valence electrons. The van der Waals surface area contributed by atoms with E-state index in [9.17, 15) is 9.50 Å². The highest BCUT2D eigenvalue weighted by Gasteiger charge is 2.41. The van der Waals surface area contributed by atoms with Crippen LogP contribution in [0.1, 0.15) is 50.2 Å². The van der Waals surface area contributed by atoms with Crippen molar-refractivity contribution >= 4 is 5.57 Å². The summed E-state index contributed by atoms with van der Waals surface area (Å²) < 4.78 is 20.3. The number of halogens is 1. The minimum Gasteiger partial charge on any atom is -0.497 e. The fourth-order valence-corrected chi connectivity index (χ4v) is 4.04. The summed E-state index contributed by atoms with van der Waals surface area (Å²) in [5.41, 5.74) is 2.83. The largest absolute Gasteiger partial charge is 0.497 e. The summed E-state index contributed by atoms with van der Waals surface area (Å²) in [6, 6.07) is 13.4. The Hall–Kier alpha value is -3.19. The van der Waals surface area contributed by atoms with E-state index in [1.807, 2.05) is 56.1 Å². The van der Waals surface area contributed by atoms with E-state index in [4.69, 9.17) is 4.74 Å². The molecule has 2 atom stereocenters. The smallest absolute Gasteiger partial charge is 0.164 e. The highest BCUT2D eigenvalue weighted by molar-refractivity contribution is 5.66. The maximum atomic E-state index is 13.3. The van der Waals surface area contributed by atoms with Crippen molar-refractivity contribution in [2.24, 2.45) is 0 Å². The molecular formula is C23H25FN4O2. The second-order valence-electron chi connectivity index (χ2n) is 7.51. The molecule has 0 bridgehead atoms. The minimum absolute atomic E-state index is 0.218. The number of nitrogens with zero attached hydrogens (tertiary/aromatic N) is 4. The summed E-state index contributed by atoms with van der Waals surface area (Å²) in [4.78, 5) is 1.93. The van der Waals surface area contributed by atoms with Crippen molar-refractivity contribution in [3.05, 3.63) is 77.5 Å². The van der Waals surface area contributed by atoms with E-state index < -0.39 is 5.72 Å². The molecule has 2 unspecified atom stereocenters. The molecule has 2 heterocycles. The topological polar surface area (TPSA) is 63.4 Å². The molecule has 0 amide bonds. The van der Waals surface area contributed by atoms with Gasteiger partial charge in [-0.2, -0.15) is 0 Å². The first-order valence-electron chi connectivity index (χ1n) is 9.94. The van der Waals surface area contributed by atoms with Gasteiger partial charge in [-0.1, -0.05) is 24.3 Å². The molecule has 30 heavy (non-hydrogen) atoms. The predicted octanol–water partition coefficient (Wildman–Crippen LogP) is 4.41. The van der Waals surface area contributed by atoms with Gasteiger partial charge < -0.3 is 14.7 Å². The Balaban J connectivity index is 1.76. The molecule has 3 aromatic rings. The molecule has 1 N–H and O–H groups in total. The standard InChI is InChI=1S/C23H25FN4O2/c1-5-23(29,17-6-12-20(30-4)13-7-17)27-14-15(2)22-21(16(27)3)25-26-28(22)19-10-8-18(24)9-11-19/h6-14,16,29H,5H2,1-4H3. The third-order valence-electron chi connectivity index (χ3n) is 5.76. The molecule has 0 aliphatic carbocycles. The Kier molecular flexibility index (Phi) is 5.07. The third kappa shape index (κ3) is 3.15. The van der Waals surface area contributed by atoms with Crippen LogP contribution < -0.4 is 4.74 Å². The number of ether oxygens (including phenoxy) is 1. The van der Waals surface area contributed by atoms with Crippen LogP contribution in [0.4, 0.5) is 4.39 Å². The van der Waals surface area contributed by atoms with E-state index in [1.165, 1.54) is 12.1 Å². The van der Waals surface area contributed by atoms with Crippen LogP contribution in [0.2, 0.25) is 0 Å². The van der Waals surface area contributed by atoms with E-state index in [0.717, 1.165) is 34.0 Å². The number of rotatable bonds is 5. The monoisotopic (exact) mass is 408 g/mol. The van der Waals surface area contributed by atoms with Crippen molar-refractivity contribution in [1.82, 2.24) is 19.9 Å². The van der Waals surface area contributed by atoms with E-state index in [-0.39, 0.29) is 11.9 Å². The maximum absolute atomic E-state index is 13.3. The first kappa shape index (κ1) is 20.1. The Morgan fingerprint density at radius 3 is 2.40 bits per heavy atom. The quantitative estimate of drug-likeness (QED) is 0.678. The third-order valence-corrected chi connectivity index (χ3v) is 5.76. The van der Waals surface area contributed by atoms with Gasteiger partial charge >= 0.3 is 0 Å². The summed E-state index contributed by atoms with van der Waals surface area (Å²) in [6.07, 6.45) is 2.43. The Labute approximate surface area is 175 Å². The van der Waals surface area contributed by atoms with E-state index in [0.29, 0.717) is 6.42 Å². The van der Waals surface area contributed by atoms with Crippen LogP contribution in [0.15, 0.2) is 54.7 Å². The van der Waals surface area contributed by atoms with E-state index in [1.54, 1.807) is 23.9 Å². The van der Waals surface area contributed by atoms with Crippen molar-refractivity contribution in [3.63, 3.8) is 0 Å². The fourth-order valence-electron chi connectivity index (χ4n) is 4.04. The van der Waals surface area contributed by atoms with Gasteiger partial charge in [-0.25, -0.2) is 9.07 Å². The summed E-state index contributed by atoms with van der Waals surface area (Å²) in [6.45, 7) is 5.91. The van der Waals surface area contributed by atoms with Gasteiger partial charge in [0, 0.05) is 11.8 Å². The molecule has 7 heteroatoms. The molecule has 0 spiro atoms. The maximum Gasteiger partial charge on any atom is 0.164 e. The molecule has 4 rings (SSSR count). The van der Waals surface area contributed by atoms with Crippen LogP contribution in [-0.2, 0) is 5.72 Å². The lowest BCUT2D eigenvalue weighted by atomic mass is 9.92. The zero-order valence-corrected chi connectivity index (χ0v) is 17.5. The Morgan fingerprint density at radius 1 is 1.13 bits per heavy atom. The lowest BCUT2D eigenvalue weighted by Crippen LogP contribution is -2.45. The van der Waals surface area contributed by atoms with Crippen LogP contribution in [0.3, 0.4) is 0 Å². The number of fused-ring (bicyclic) bond motifs is 1. The van der Waals surface area contributed by atoms with Gasteiger partial charge in [-0.05, 0) is 62.2 Å². The van der Waals surface area contributed by atoms with Gasteiger partial charge in [0.05, 0.1) is 24.5 Å². The number of hydrogen-bond acceptors (Lipinski definition) is 5. The van der Waals surface area contributed by atoms with Crippen LogP contribution in [0, 0.1) is 5.82 Å². The molecule has 6 nitrogen and oxygen atoms in total. The van der Waals surface area contributed by atoms with Crippen LogP contribution in [0.25, 0.3) is 11.3 Å². The summed E-state index contributed by atoms with van der Waals surface area (Å²) in [5, 5.41) is 20.4. The lowest BCUT2D eigenvalue weighted by Gasteiger charge is -2.44. The molecule has 2 aromatic carbocycles. The molecule has 0 saturated heterocycles. The normalized spacial score (nSPS) is 17.9. The fraction of sp³-hybridized carbons (Fsp3) is 0.304. The Morgan fingerprint density at radius 2 is 1.80 bits per heavy atom. The van der Waals surface area contributed by atoms with Gasteiger partial charge in [0.15, 0.2) is 5.72 Å². The predicted molar refractivity (Wildman–Crippen MR) is 112 cm³/mol. The number of aromatic nitrogens is 3. The Bertz CT molecular complexity index is 1080. The van der Waals surface area contributed by atoms with Crippen LogP contribution >= 0.6 is 0 Å². The first-order valence-corrected chi connectivity index (χ1v) is 9.94. The molecule has 1 aliphatic rings.